The molecule has 1 aliphatic heterocycles. The van der Waals surface area contributed by atoms with Crippen LogP contribution in [0.15, 0.2) is 30.3 Å². The van der Waals surface area contributed by atoms with E-state index >= 15 is 0 Å². The van der Waals surface area contributed by atoms with Crippen molar-refractivity contribution < 1.29 is 9.53 Å². The fourth-order valence-electron chi connectivity index (χ4n) is 2.51. The summed E-state index contributed by atoms with van der Waals surface area (Å²) in [6.45, 7) is 5.85. The Morgan fingerprint density at radius 3 is 2.60 bits per heavy atom. The van der Waals surface area contributed by atoms with Gasteiger partial charge in [-0.25, -0.2) is 0 Å². The molecule has 1 unspecified atom stereocenters. The predicted molar refractivity (Wildman–Crippen MR) is 79.5 cm³/mol. The van der Waals surface area contributed by atoms with Crippen molar-refractivity contribution in [3.05, 3.63) is 35.9 Å². The number of nitrogens with zero attached hydrogens (tertiary/aromatic N) is 2. The highest BCUT2D eigenvalue weighted by Crippen LogP contribution is 2.29. The number of ether oxygens (including phenoxy) is 1. The second-order valence-corrected chi connectivity index (χ2v) is 5.84. The Balaban J connectivity index is 2.14. The third-order valence-corrected chi connectivity index (χ3v) is 4.10. The van der Waals surface area contributed by atoms with E-state index in [4.69, 9.17) is 4.74 Å². The van der Waals surface area contributed by atoms with E-state index in [1.807, 2.05) is 49.0 Å². The summed E-state index contributed by atoms with van der Waals surface area (Å²) in [6, 6.07) is 10.0. The maximum absolute atomic E-state index is 12.5. The standard InChI is InChI=1S/C16H24N2O2/c1-13(17(3)4)15(19)18-10-11-20-16(2,12-18)14-8-6-5-7-9-14/h5-9,13H,10-12H2,1-4H3/t13-,16?/m1/s1. The first-order valence-corrected chi connectivity index (χ1v) is 7.09. The molecule has 1 aromatic carbocycles. The summed E-state index contributed by atoms with van der Waals surface area (Å²) < 4.78 is 5.96. The molecular weight excluding hydrogens is 252 g/mol. The first-order chi connectivity index (χ1) is 9.44. The summed E-state index contributed by atoms with van der Waals surface area (Å²) in [7, 11) is 3.86. The number of hydrogen-bond donors (Lipinski definition) is 0. The van der Waals surface area contributed by atoms with E-state index in [0.29, 0.717) is 19.7 Å². The first-order valence-electron chi connectivity index (χ1n) is 7.09. The van der Waals surface area contributed by atoms with Gasteiger partial charge in [0.05, 0.1) is 19.2 Å². The van der Waals surface area contributed by atoms with Crippen LogP contribution < -0.4 is 0 Å². The van der Waals surface area contributed by atoms with Crippen LogP contribution in [-0.2, 0) is 15.1 Å². The Bertz CT molecular complexity index is 461. The summed E-state index contributed by atoms with van der Waals surface area (Å²) in [5.74, 6) is 0.167. The number of amides is 1. The average Bonchev–Trinajstić information content (AvgIpc) is 2.46. The number of rotatable bonds is 3. The van der Waals surface area contributed by atoms with E-state index in [-0.39, 0.29) is 11.9 Å². The number of hydrogen-bond acceptors (Lipinski definition) is 3. The lowest BCUT2D eigenvalue weighted by Crippen LogP contribution is -2.54. The number of benzene rings is 1. The zero-order valence-corrected chi connectivity index (χ0v) is 12.8. The van der Waals surface area contributed by atoms with Gasteiger partial charge in [-0.1, -0.05) is 30.3 Å². The maximum atomic E-state index is 12.5. The van der Waals surface area contributed by atoms with Gasteiger partial charge < -0.3 is 9.64 Å². The molecule has 1 aromatic rings. The third kappa shape index (κ3) is 3.02. The summed E-state index contributed by atoms with van der Waals surface area (Å²) in [5, 5.41) is 0. The van der Waals surface area contributed by atoms with E-state index in [1.165, 1.54) is 0 Å². The molecule has 0 aliphatic carbocycles. The smallest absolute Gasteiger partial charge is 0.239 e. The molecule has 1 amide bonds. The van der Waals surface area contributed by atoms with Gasteiger partial charge in [0.15, 0.2) is 0 Å². The lowest BCUT2D eigenvalue weighted by atomic mass is 9.93. The molecule has 0 aromatic heterocycles. The first kappa shape index (κ1) is 15.0. The molecule has 4 heteroatoms. The highest BCUT2D eigenvalue weighted by atomic mass is 16.5. The van der Waals surface area contributed by atoms with Crippen LogP contribution in [0, 0.1) is 0 Å². The highest BCUT2D eigenvalue weighted by molar-refractivity contribution is 5.81. The van der Waals surface area contributed by atoms with Crippen molar-refractivity contribution in [2.45, 2.75) is 25.5 Å². The maximum Gasteiger partial charge on any atom is 0.239 e. The van der Waals surface area contributed by atoms with Crippen molar-refractivity contribution in [3.63, 3.8) is 0 Å². The Kier molecular flexibility index (Phi) is 4.45. The number of carbonyl (C=O) groups is 1. The number of likely N-dealkylation sites (N-methyl/N-ethyl adjacent to an activating group) is 1. The molecule has 20 heavy (non-hydrogen) atoms. The van der Waals surface area contributed by atoms with Gasteiger partial charge in [-0.2, -0.15) is 0 Å². The SMILES string of the molecule is C[C@H](C(=O)N1CCOC(C)(c2ccccc2)C1)N(C)C. The fourth-order valence-corrected chi connectivity index (χ4v) is 2.51. The molecule has 4 nitrogen and oxygen atoms in total. The second-order valence-electron chi connectivity index (χ2n) is 5.84. The van der Waals surface area contributed by atoms with Crippen LogP contribution in [0.4, 0.5) is 0 Å². The zero-order valence-electron chi connectivity index (χ0n) is 12.8. The molecule has 0 saturated carbocycles. The molecule has 0 radical (unpaired) electrons. The molecule has 0 bridgehead atoms. The second kappa shape index (κ2) is 5.94. The van der Waals surface area contributed by atoms with Gasteiger partial charge >= 0.3 is 0 Å². The average molecular weight is 276 g/mol. The minimum atomic E-state index is -0.415. The van der Waals surface area contributed by atoms with Gasteiger partial charge in [0, 0.05) is 6.54 Å². The van der Waals surface area contributed by atoms with Crippen molar-refractivity contribution in [2.75, 3.05) is 33.8 Å². The quantitative estimate of drug-likeness (QED) is 0.842. The largest absolute Gasteiger partial charge is 0.367 e. The van der Waals surface area contributed by atoms with Crippen molar-refractivity contribution >= 4 is 5.91 Å². The highest BCUT2D eigenvalue weighted by Gasteiger charge is 2.36. The molecular formula is C16H24N2O2. The van der Waals surface area contributed by atoms with Gasteiger partial charge in [0.25, 0.3) is 0 Å². The van der Waals surface area contributed by atoms with Crippen molar-refractivity contribution in [1.29, 1.82) is 0 Å². The van der Waals surface area contributed by atoms with Gasteiger partial charge in [-0.15, -0.1) is 0 Å². The van der Waals surface area contributed by atoms with Crippen LogP contribution in [0.3, 0.4) is 0 Å². The normalized spacial score (nSPS) is 24.8. The van der Waals surface area contributed by atoms with Crippen LogP contribution in [0.2, 0.25) is 0 Å². The molecule has 2 atom stereocenters. The topological polar surface area (TPSA) is 32.8 Å². The minimum absolute atomic E-state index is 0.104. The van der Waals surface area contributed by atoms with Gasteiger partial charge in [-0.05, 0) is 33.5 Å². The van der Waals surface area contributed by atoms with E-state index in [2.05, 4.69) is 19.1 Å². The zero-order chi connectivity index (χ0) is 14.8. The summed E-state index contributed by atoms with van der Waals surface area (Å²) in [6.07, 6.45) is 0. The lowest BCUT2D eigenvalue weighted by Gasteiger charge is -2.42. The van der Waals surface area contributed by atoms with Crippen LogP contribution in [0.5, 0.6) is 0 Å². The predicted octanol–water partition coefficient (Wildman–Crippen LogP) is 1.71. The van der Waals surface area contributed by atoms with Crippen molar-refractivity contribution in [2.24, 2.45) is 0 Å². The monoisotopic (exact) mass is 276 g/mol. The molecule has 1 saturated heterocycles. The van der Waals surface area contributed by atoms with E-state index in [0.717, 1.165) is 5.56 Å². The molecule has 0 N–H and O–H groups in total. The van der Waals surface area contributed by atoms with E-state index in [1.54, 1.807) is 0 Å². The van der Waals surface area contributed by atoms with Gasteiger partial charge in [0.2, 0.25) is 5.91 Å². The van der Waals surface area contributed by atoms with E-state index in [9.17, 15) is 4.79 Å². The molecule has 1 heterocycles. The summed E-state index contributed by atoms with van der Waals surface area (Å²) in [4.78, 5) is 16.3. The van der Waals surface area contributed by atoms with E-state index < -0.39 is 5.60 Å². The minimum Gasteiger partial charge on any atom is -0.367 e. The van der Waals surface area contributed by atoms with Crippen molar-refractivity contribution in [3.8, 4) is 0 Å². The van der Waals surface area contributed by atoms with Crippen LogP contribution in [0.25, 0.3) is 0 Å². The fraction of sp³-hybridized carbons (Fsp3) is 0.562. The van der Waals surface area contributed by atoms with Crippen molar-refractivity contribution in [1.82, 2.24) is 9.80 Å². The third-order valence-electron chi connectivity index (χ3n) is 4.10. The Morgan fingerprint density at radius 1 is 1.35 bits per heavy atom. The van der Waals surface area contributed by atoms with Crippen LogP contribution >= 0.6 is 0 Å². The van der Waals surface area contributed by atoms with Crippen LogP contribution in [-0.4, -0.2) is 55.5 Å². The molecule has 2 rings (SSSR count). The summed E-state index contributed by atoms with van der Waals surface area (Å²) >= 11 is 0. The van der Waals surface area contributed by atoms with Crippen LogP contribution in [0.1, 0.15) is 19.4 Å². The Labute approximate surface area is 121 Å². The Hall–Kier alpha value is -1.39. The number of morpholine rings is 1. The number of carbonyl (C=O) groups excluding carboxylic acids is 1. The lowest BCUT2D eigenvalue weighted by molar-refractivity contribution is -0.153. The molecule has 1 aliphatic rings. The van der Waals surface area contributed by atoms with Gasteiger partial charge in [-0.3, -0.25) is 9.69 Å². The molecule has 1 fully saturated rings. The molecule has 0 spiro atoms. The Morgan fingerprint density at radius 2 is 2.00 bits per heavy atom. The molecule has 110 valence electrons. The summed E-state index contributed by atoms with van der Waals surface area (Å²) in [5.41, 5.74) is 0.705. The van der Waals surface area contributed by atoms with Gasteiger partial charge in [0.1, 0.15) is 5.60 Å².